The third-order valence-corrected chi connectivity index (χ3v) is 7.95. The Bertz CT molecular complexity index is 1530. The average Bonchev–Trinajstić information content (AvgIpc) is 3.54. The quantitative estimate of drug-likeness (QED) is 0.417. The van der Waals surface area contributed by atoms with E-state index in [1.165, 1.54) is 11.6 Å². The summed E-state index contributed by atoms with van der Waals surface area (Å²) in [4.78, 5) is 18.4. The number of amides is 1. The van der Waals surface area contributed by atoms with Crippen molar-refractivity contribution in [2.24, 2.45) is 0 Å². The zero-order valence-corrected chi connectivity index (χ0v) is 19.8. The SMILES string of the molecule is N#Cc1cccn1CCC(NS(=O)(=O)c1ccc2cc[nH]c2c1)C(=O)N1CCc2ccccc2C1. The number of hydrogen-bond donors (Lipinski definition) is 2. The number of aromatic nitrogens is 2. The predicted molar refractivity (Wildman–Crippen MR) is 132 cm³/mol. The number of carbonyl (C=O) groups is 1. The van der Waals surface area contributed by atoms with Crippen LogP contribution in [-0.4, -0.2) is 41.4 Å². The number of nitrogens with zero attached hydrogens (tertiary/aromatic N) is 3. The molecule has 0 aliphatic carbocycles. The number of hydrogen-bond acceptors (Lipinski definition) is 4. The maximum Gasteiger partial charge on any atom is 0.241 e. The second-order valence-electron chi connectivity index (χ2n) is 8.67. The molecule has 8 nitrogen and oxygen atoms in total. The van der Waals surface area contributed by atoms with Crippen LogP contribution in [0.2, 0.25) is 0 Å². The molecule has 1 amide bonds. The molecule has 2 aromatic heterocycles. The summed E-state index contributed by atoms with van der Waals surface area (Å²) < 4.78 is 31.0. The van der Waals surface area contributed by atoms with E-state index in [4.69, 9.17) is 0 Å². The number of aryl methyl sites for hydroxylation is 1. The Morgan fingerprint density at radius 2 is 1.94 bits per heavy atom. The van der Waals surface area contributed by atoms with Gasteiger partial charge < -0.3 is 14.5 Å². The molecule has 0 saturated heterocycles. The third-order valence-electron chi connectivity index (χ3n) is 6.48. The fourth-order valence-electron chi connectivity index (χ4n) is 4.57. The smallest absolute Gasteiger partial charge is 0.241 e. The van der Waals surface area contributed by atoms with Crippen molar-refractivity contribution in [1.82, 2.24) is 19.2 Å². The van der Waals surface area contributed by atoms with E-state index in [1.54, 1.807) is 46.1 Å². The van der Waals surface area contributed by atoms with Crippen LogP contribution in [0.1, 0.15) is 23.2 Å². The van der Waals surface area contributed by atoms with E-state index in [1.807, 2.05) is 24.3 Å². The number of nitriles is 1. The van der Waals surface area contributed by atoms with Crippen LogP contribution in [0.15, 0.2) is 78.0 Å². The summed E-state index contributed by atoms with van der Waals surface area (Å²) in [7, 11) is -3.97. The van der Waals surface area contributed by atoms with Crippen molar-refractivity contribution in [3.05, 3.63) is 89.9 Å². The number of aromatic amines is 1. The van der Waals surface area contributed by atoms with E-state index in [2.05, 4.69) is 21.8 Å². The van der Waals surface area contributed by atoms with E-state index in [-0.39, 0.29) is 17.2 Å². The molecule has 5 rings (SSSR count). The van der Waals surface area contributed by atoms with Gasteiger partial charge in [-0.2, -0.15) is 9.98 Å². The lowest BCUT2D eigenvalue weighted by atomic mass is 9.99. The number of carbonyl (C=O) groups excluding carboxylic acids is 1. The molecule has 2 N–H and O–H groups in total. The molecule has 178 valence electrons. The fraction of sp³-hybridized carbons (Fsp3) is 0.231. The topological polar surface area (TPSA) is 111 Å². The largest absolute Gasteiger partial charge is 0.361 e. The van der Waals surface area contributed by atoms with Crippen molar-refractivity contribution in [1.29, 1.82) is 5.26 Å². The van der Waals surface area contributed by atoms with E-state index < -0.39 is 16.1 Å². The van der Waals surface area contributed by atoms with Crippen molar-refractivity contribution in [2.45, 2.75) is 36.9 Å². The normalized spacial score (nSPS) is 14.4. The van der Waals surface area contributed by atoms with Gasteiger partial charge in [-0.05, 0) is 59.7 Å². The average molecular weight is 488 g/mol. The Kier molecular flexibility index (Phi) is 6.16. The first kappa shape index (κ1) is 22.9. The molecule has 0 saturated carbocycles. The van der Waals surface area contributed by atoms with Gasteiger partial charge in [-0.15, -0.1) is 0 Å². The Labute approximate surface area is 203 Å². The molecule has 2 aromatic carbocycles. The van der Waals surface area contributed by atoms with Gasteiger partial charge in [0.15, 0.2) is 0 Å². The molecular weight excluding hydrogens is 462 g/mol. The lowest BCUT2D eigenvalue weighted by Gasteiger charge is -2.32. The van der Waals surface area contributed by atoms with Crippen molar-refractivity contribution in [2.75, 3.05) is 6.54 Å². The van der Waals surface area contributed by atoms with Crippen LogP contribution in [-0.2, 0) is 34.3 Å². The van der Waals surface area contributed by atoms with Gasteiger partial charge in [-0.3, -0.25) is 4.79 Å². The highest BCUT2D eigenvalue weighted by molar-refractivity contribution is 7.89. The number of H-pyrrole nitrogens is 1. The van der Waals surface area contributed by atoms with Crippen LogP contribution < -0.4 is 4.72 Å². The summed E-state index contributed by atoms with van der Waals surface area (Å²) in [5.74, 6) is -0.269. The summed E-state index contributed by atoms with van der Waals surface area (Å²) in [6.45, 7) is 1.29. The van der Waals surface area contributed by atoms with Gasteiger partial charge >= 0.3 is 0 Å². The Balaban J connectivity index is 1.41. The maximum atomic E-state index is 13.6. The second kappa shape index (κ2) is 9.41. The van der Waals surface area contributed by atoms with Crippen LogP contribution in [0.25, 0.3) is 10.9 Å². The van der Waals surface area contributed by atoms with Crippen molar-refractivity contribution >= 4 is 26.8 Å². The Morgan fingerprint density at radius 3 is 2.77 bits per heavy atom. The zero-order chi connectivity index (χ0) is 24.4. The first-order chi connectivity index (χ1) is 16.9. The van der Waals surface area contributed by atoms with Crippen molar-refractivity contribution < 1.29 is 13.2 Å². The lowest BCUT2D eigenvalue weighted by molar-refractivity contribution is -0.134. The van der Waals surface area contributed by atoms with Crippen molar-refractivity contribution in [3.8, 4) is 6.07 Å². The molecular formula is C26H25N5O3S. The molecule has 1 aliphatic rings. The number of nitrogens with one attached hydrogen (secondary N) is 2. The third kappa shape index (κ3) is 4.71. The predicted octanol–water partition coefficient (Wildman–Crippen LogP) is 3.16. The van der Waals surface area contributed by atoms with E-state index in [9.17, 15) is 18.5 Å². The summed E-state index contributed by atoms with van der Waals surface area (Å²) in [6, 6.07) is 19.3. The van der Waals surface area contributed by atoms with Crippen LogP contribution in [0.3, 0.4) is 0 Å². The van der Waals surface area contributed by atoms with Gasteiger partial charge in [0, 0.05) is 37.5 Å². The highest BCUT2D eigenvalue weighted by Crippen LogP contribution is 2.22. The molecule has 1 unspecified atom stereocenters. The Hall–Kier alpha value is -3.87. The number of benzene rings is 2. The molecule has 0 fully saturated rings. The highest BCUT2D eigenvalue weighted by Gasteiger charge is 2.31. The van der Waals surface area contributed by atoms with Gasteiger partial charge in [0.1, 0.15) is 17.8 Å². The molecule has 4 aromatic rings. The fourth-order valence-corrected chi connectivity index (χ4v) is 5.81. The molecule has 3 heterocycles. The van der Waals surface area contributed by atoms with Crippen LogP contribution in [0.5, 0.6) is 0 Å². The first-order valence-electron chi connectivity index (χ1n) is 11.4. The minimum absolute atomic E-state index is 0.0907. The van der Waals surface area contributed by atoms with E-state index >= 15 is 0 Å². The minimum Gasteiger partial charge on any atom is -0.361 e. The molecule has 9 heteroatoms. The number of sulfonamides is 1. The van der Waals surface area contributed by atoms with Gasteiger partial charge in [-0.25, -0.2) is 8.42 Å². The number of fused-ring (bicyclic) bond motifs is 2. The van der Waals surface area contributed by atoms with E-state index in [0.29, 0.717) is 30.8 Å². The molecule has 1 atom stereocenters. The highest BCUT2D eigenvalue weighted by atomic mass is 32.2. The summed E-state index contributed by atoms with van der Waals surface area (Å²) in [5, 5.41) is 10.2. The molecule has 35 heavy (non-hydrogen) atoms. The Morgan fingerprint density at radius 1 is 1.11 bits per heavy atom. The maximum absolute atomic E-state index is 13.6. The summed E-state index contributed by atoms with van der Waals surface area (Å²) >= 11 is 0. The molecule has 0 bridgehead atoms. The van der Waals surface area contributed by atoms with Gasteiger partial charge in [0.2, 0.25) is 15.9 Å². The monoisotopic (exact) mass is 487 g/mol. The van der Waals surface area contributed by atoms with Gasteiger partial charge in [0.25, 0.3) is 0 Å². The number of rotatable bonds is 7. The van der Waals surface area contributed by atoms with Crippen LogP contribution in [0.4, 0.5) is 0 Å². The summed E-state index contributed by atoms with van der Waals surface area (Å²) in [5.41, 5.74) is 3.44. The lowest BCUT2D eigenvalue weighted by Crippen LogP contribution is -2.50. The minimum atomic E-state index is -3.97. The standard InChI is InChI=1S/C26H25N5O3S/c27-17-22-6-3-13-30(22)15-11-24(26(32)31-14-10-19-4-1-2-5-21(19)18-31)29-35(33,34)23-8-7-20-9-12-28-25(20)16-23/h1-9,12-13,16,24,28-29H,10-11,14-15,18H2. The van der Waals surface area contributed by atoms with Gasteiger partial charge in [-0.1, -0.05) is 30.3 Å². The van der Waals surface area contributed by atoms with Crippen LogP contribution in [0, 0.1) is 11.3 Å². The molecule has 0 radical (unpaired) electrons. The van der Waals surface area contributed by atoms with Crippen molar-refractivity contribution in [3.63, 3.8) is 0 Å². The van der Waals surface area contributed by atoms with Gasteiger partial charge in [0.05, 0.1) is 4.90 Å². The zero-order valence-electron chi connectivity index (χ0n) is 19.0. The second-order valence-corrected chi connectivity index (χ2v) is 10.4. The molecule has 0 spiro atoms. The molecule has 1 aliphatic heterocycles. The first-order valence-corrected chi connectivity index (χ1v) is 12.9. The summed E-state index contributed by atoms with van der Waals surface area (Å²) in [6.07, 6.45) is 4.44. The van der Waals surface area contributed by atoms with Crippen LogP contribution >= 0.6 is 0 Å². The van der Waals surface area contributed by atoms with E-state index in [0.717, 1.165) is 17.4 Å².